The Morgan fingerprint density at radius 1 is 1.30 bits per heavy atom. The van der Waals surface area contributed by atoms with E-state index in [9.17, 15) is 26.4 Å². The zero-order valence-corrected chi connectivity index (χ0v) is 11.3. The lowest BCUT2D eigenvalue weighted by Gasteiger charge is -2.17. The predicted molar refractivity (Wildman–Crippen MR) is 65.9 cm³/mol. The van der Waals surface area contributed by atoms with E-state index < -0.39 is 40.0 Å². The fourth-order valence-corrected chi connectivity index (χ4v) is 2.74. The first-order chi connectivity index (χ1) is 9.04. The molecule has 0 aliphatic carbocycles. The van der Waals surface area contributed by atoms with Crippen molar-refractivity contribution in [3.05, 3.63) is 35.4 Å². The molecule has 20 heavy (non-hydrogen) atoms. The van der Waals surface area contributed by atoms with Gasteiger partial charge in [-0.25, -0.2) is 8.42 Å². The number of amides is 1. The van der Waals surface area contributed by atoms with Gasteiger partial charge in [0.2, 0.25) is 15.9 Å². The number of carbonyl (C=O) groups is 1. The average Bonchev–Trinajstić information content (AvgIpc) is 2.26. The fraction of sp³-hybridized carbons (Fsp3) is 0.364. The number of hydrogen-bond acceptors (Lipinski definition) is 3. The number of hydrogen-bond donors (Lipinski definition) is 1. The molecule has 0 fully saturated rings. The summed E-state index contributed by atoms with van der Waals surface area (Å²) in [7, 11) is -2.98. The molecule has 2 N–H and O–H groups in total. The summed E-state index contributed by atoms with van der Waals surface area (Å²) in [5, 5.41) is 0. The van der Waals surface area contributed by atoms with Crippen molar-refractivity contribution in [2.24, 2.45) is 5.73 Å². The minimum atomic E-state index is -4.64. The van der Waals surface area contributed by atoms with Gasteiger partial charge in [-0.3, -0.25) is 4.79 Å². The van der Waals surface area contributed by atoms with Crippen molar-refractivity contribution >= 4 is 15.9 Å². The van der Waals surface area contributed by atoms with Gasteiger partial charge in [-0.2, -0.15) is 17.5 Å². The quantitative estimate of drug-likeness (QED) is 0.879. The first-order valence-corrected chi connectivity index (χ1v) is 7.02. The van der Waals surface area contributed by atoms with Crippen LogP contribution in [0, 0.1) is 0 Å². The van der Waals surface area contributed by atoms with Gasteiger partial charge >= 0.3 is 6.18 Å². The molecule has 5 nitrogen and oxygen atoms in total. The van der Waals surface area contributed by atoms with Crippen LogP contribution in [-0.2, 0) is 26.7 Å². The van der Waals surface area contributed by atoms with Gasteiger partial charge in [-0.1, -0.05) is 18.2 Å². The summed E-state index contributed by atoms with van der Waals surface area (Å²) in [6.45, 7) is -0.587. The molecule has 1 amide bonds. The fourth-order valence-electron chi connectivity index (χ4n) is 1.55. The number of nitrogens with zero attached hydrogens (tertiary/aromatic N) is 1. The number of alkyl halides is 3. The highest BCUT2D eigenvalue weighted by molar-refractivity contribution is 7.88. The van der Waals surface area contributed by atoms with Crippen molar-refractivity contribution in [2.45, 2.75) is 11.9 Å². The third-order valence-electron chi connectivity index (χ3n) is 2.51. The summed E-state index contributed by atoms with van der Waals surface area (Å²) >= 11 is 0. The summed E-state index contributed by atoms with van der Waals surface area (Å²) in [6.07, 6.45) is -4.64. The number of benzene rings is 1. The van der Waals surface area contributed by atoms with E-state index in [4.69, 9.17) is 5.73 Å². The lowest BCUT2D eigenvalue weighted by molar-refractivity contribution is -0.138. The summed E-state index contributed by atoms with van der Waals surface area (Å²) in [5.74, 6) is -1.74. The SMILES string of the molecule is CN(CC(N)=O)S(=O)(=O)Cc1ccccc1C(F)(F)F. The molecule has 112 valence electrons. The smallest absolute Gasteiger partial charge is 0.369 e. The van der Waals surface area contributed by atoms with Gasteiger partial charge in [-0.15, -0.1) is 0 Å². The van der Waals surface area contributed by atoms with Crippen LogP contribution in [0.25, 0.3) is 0 Å². The van der Waals surface area contributed by atoms with E-state index >= 15 is 0 Å². The Hall–Kier alpha value is -1.61. The molecule has 9 heteroatoms. The Kier molecular flexibility index (Phi) is 4.77. The predicted octanol–water partition coefficient (Wildman–Crippen LogP) is 0.952. The molecule has 0 saturated heterocycles. The van der Waals surface area contributed by atoms with Gasteiger partial charge in [0.1, 0.15) is 0 Å². The lowest BCUT2D eigenvalue weighted by Crippen LogP contribution is -2.36. The van der Waals surface area contributed by atoms with Crippen molar-refractivity contribution in [1.82, 2.24) is 4.31 Å². The largest absolute Gasteiger partial charge is 0.416 e. The van der Waals surface area contributed by atoms with E-state index in [0.717, 1.165) is 19.2 Å². The average molecular weight is 310 g/mol. The molecule has 1 aromatic rings. The number of halogens is 3. The Morgan fingerprint density at radius 2 is 1.85 bits per heavy atom. The number of likely N-dealkylation sites (N-methyl/N-ethyl adjacent to an activating group) is 1. The molecule has 0 spiro atoms. The summed E-state index contributed by atoms with van der Waals surface area (Å²) in [5.41, 5.74) is 3.46. The number of primary amides is 1. The van der Waals surface area contributed by atoms with Gasteiger partial charge in [0.15, 0.2) is 0 Å². The molecule has 1 aromatic carbocycles. The zero-order chi connectivity index (χ0) is 15.6. The Balaban J connectivity index is 3.08. The first kappa shape index (κ1) is 16.4. The van der Waals surface area contributed by atoms with Crippen LogP contribution in [0.15, 0.2) is 24.3 Å². The second-order valence-electron chi connectivity index (χ2n) is 4.13. The summed E-state index contributed by atoms with van der Waals surface area (Å²) < 4.78 is 62.6. The number of rotatable bonds is 5. The van der Waals surface area contributed by atoms with E-state index in [2.05, 4.69) is 0 Å². The van der Waals surface area contributed by atoms with Crippen molar-refractivity contribution in [3.63, 3.8) is 0 Å². The summed E-state index contributed by atoms with van der Waals surface area (Å²) in [4.78, 5) is 10.7. The Bertz CT molecular complexity index is 599. The maximum Gasteiger partial charge on any atom is 0.416 e. The van der Waals surface area contributed by atoms with Crippen molar-refractivity contribution < 1.29 is 26.4 Å². The van der Waals surface area contributed by atoms with E-state index in [-0.39, 0.29) is 5.56 Å². The van der Waals surface area contributed by atoms with Gasteiger partial charge < -0.3 is 5.73 Å². The molecule has 0 atom stereocenters. The monoisotopic (exact) mass is 310 g/mol. The second-order valence-corrected chi connectivity index (χ2v) is 6.21. The standard InChI is InChI=1S/C11H13F3N2O3S/c1-16(6-10(15)17)20(18,19)7-8-4-2-3-5-9(8)11(12,13)14/h2-5H,6-7H2,1H3,(H2,15,17). The van der Waals surface area contributed by atoms with Crippen LogP contribution < -0.4 is 5.73 Å². The van der Waals surface area contributed by atoms with E-state index in [0.29, 0.717) is 4.31 Å². The Morgan fingerprint density at radius 3 is 2.35 bits per heavy atom. The normalized spacial score (nSPS) is 12.7. The molecule has 1 rings (SSSR count). The lowest BCUT2D eigenvalue weighted by atomic mass is 10.1. The third kappa shape index (κ3) is 4.20. The first-order valence-electron chi connectivity index (χ1n) is 5.41. The molecular formula is C11H13F3N2O3S. The van der Waals surface area contributed by atoms with Crippen LogP contribution >= 0.6 is 0 Å². The minimum absolute atomic E-state index is 0.378. The van der Waals surface area contributed by atoms with Crippen LogP contribution in [-0.4, -0.2) is 32.2 Å². The van der Waals surface area contributed by atoms with E-state index in [1.54, 1.807) is 0 Å². The molecule has 0 aromatic heterocycles. The van der Waals surface area contributed by atoms with E-state index in [1.165, 1.54) is 12.1 Å². The molecule has 0 bridgehead atoms. The van der Waals surface area contributed by atoms with Crippen LogP contribution in [0.1, 0.15) is 11.1 Å². The summed E-state index contributed by atoms with van der Waals surface area (Å²) in [6, 6.07) is 4.37. The van der Waals surface area contributed by atoms with Crippen LogP contribution in [0.5, 0.6) is 0 Å². The molecule has 0 radical (unpaired) electrons. The molecular weight excluding hydrogens is 297 g/mol. The molecule has 0 unspecified atom stereocenters. The zero-order valence-electron chi connectivity index (χ0n) is 10.5. The number of nitrogens with two attached hydrogens (primary N) is 1. The van der Waals surface area contributed by atoms with Crippen LogP contribution in [0.2, 0.25) is 0 Å². The molecule has 0 aliphatic heterocycles. The van der Waals surface area contributed by atoms with Gasteiger partial charge in [-0.05, 0) is 11.6 Å². The van der Waals surface area contributed by atoms with Crippen molar-refractivity contribution in [2.75, 3.05) is 13.6 Å². The number of sulfonamides is 1. The highest BCUT2D eigenvalue weighted by atomic mass is 32.2. The van der Waals surface area contributed by atoms with Crippen LogP contribution in [0.4, 0.5) is 13.2 Å². The molecule has 0 saturated carbocycles. The maximum atomic E-state index is 12.8. The molecule has 0 heterocycles. The highest BCUT2D eigenvalue weighted by Crippen LogP contribution is 2.32. The third-order valence-corrected chi connectivity index (χ3v) is 4.27. The van der Waals surface area contributed by atoms with Gasteiger partial charge in [0, 0.05) is 7.05 Å². The van der Waals surface area contributed by atoms with Crippen molar-refractivity contribution in [3.8, 4) is 0 Å². The van der Waals surface area contributed by atoms with Crippen molar-refractivity contribution in [1.29, 1.82) is 0 Å². The van der Waals surface area contributed by atoms with E-state index in [1.807, 2.05) is 0 Å². The van der Waals surface area contributed by atoms with Gasteiger partial charge in [0.05, 0.1) is 17.9 Å². The van der Waals surface area contributed by atoms with Gasteiger partial charge in [0.25, 0.3) is 0 Å². The highest BCUT2D eigenvalue weighted by Gasteiger charge is 2.34. The minimum Gasteiger partial charge on any atom is -0.369 e. The maximum absolute atomic E-state index is 12.8. The van der Waals surface area contributed by atoms with Crippen LogP contribution in [0.3, 0.4) is 0 Å². The Labute approximate surface area is 114 Å². The second kappa shape index (κ2) is 5.80. The molecule has 0 aliphatic rings. The number of carbonyl (C=O) groups excluding carboxylic acids is 1. The topological polar surface area (TPSA) is 80.5 Å².